The van der Waals surface area contributed by atoms with E-state index in [1.807, 2.05) is 13.8 Å². The molecule has 0 aromatic heterocycles. The Labute approximate surface area is 119 Å². The topological polar surface area (TPSA) is 52.6 Å². The number of aromatic hydroxyl groups is 1. The molecule has 0 aliphatic rings. The van der Waals surface area contributed by atoms with E-state index in [9.17, 15) is 14.3 Å². The molecule has 4 nitrogen and oxygen atoms in total. The quantitative estimate of drug-likeness (QED) is 0.840. The van der Waals surface area contributed by atoms with Gasteiger partial charge in [0, 0.05) is 26.2 Å². The molecule has 1 aromatic rings. The van der Waals surface area contributed by atoms with E-state index in [1.165, 1.54) is 17.0 Å². The van der Waals surface area contributed by atoms with Crippen molar-refractivity contribution < 1.29 is 14.3 Å². The lowest BCUT2D eigenvalue weighted by Crippen LogP contribution is -2.44. The number of phenolic OH excluding ortho intramolecular Hbond substituents is 1. The molecule has 1 unspecified atom stereocenters. The monoisotopic (exact) mass is 282 g/mol. The molecule has 1 amide bonds. The van der Waals surface area contributed by atoms with Crippen molar-refractivity contribution in [2.24, 2.45) is 5.92 Å². The predicted molar refractivity (Wildman–Crippen MR) is 76.8 cm³/mol. The first-order valence-electron chi connectivity index (χ1n) is 6.73. The highest BCUT2D eigenvalue weighted by Crippen LogP contribution is 2.20. The molecule has 0 fully saturated rings. The zero-order chi connectivity index (χ0) is 15.3. The van der Waals surface area contributed by atoms with Crippen LogP contribution in [0.15, 0.2) is 18.2 Å². The van der Waals surface area contributed by atoms with E-state index in [1.54, 1.807) is 20.2 Å². The fourth-order valence-corrected chi connectivity index (χ4v) is 1.99. The van der Waals surface area contributed by atoms with Crippen LogP contribution < -0.4 is 5.32 Å². The number of nitrogens with one attached hydrogen (secondary N) is 1. The Morgan fingerprint density at radius 3 is 2.60 bits per heavy atom. The Bertz CT molecular complexity index is 461. The molecule has 2 N–H and O–H groups in total. The largest absolute Gasteiger partial charge is 0.505 e. The summed E-state index contributed by atoms with van der Waals surface area (Å²) in [7, 11) is 3.41. The summed E-state index contributed by atoms with van der Waals surface area (Å²) < 4.78 is 13.2. The zero-order valence-corrected chi connectivity index (χ0v) is 12.5. The van der Waals surface area contributed by atoms with Crippen molar-refractivity contribution in [1.82, 2.24) is 10.2 Å². The Hall–Kier alpha value is -1.62. The highest BCUT2D eigenvalue weighted by atomic mass is 19.1. The van der Waals surface area contributed by atoms with Crippen LogP contribution in [-0.4, -0.2) is 36.1 Å². The van der Waals surface area contributed by atoms with Gasteiger partial charge in [0.25, 0.3) is 0 Å². The Morgan fingerprint density at radius 1 is 1.40 bits per heavy atom. The fourth-order valence-electron chi connectivity index (χ4n) is 1.99. The van der Waals surface area contributed by atoms with Gasteiger partial charge in [-0.15, -0.1) is 0 Å². The molecule has 1 atom stereocenters. The zero-order valence-electron chi connectivity index (χ0n) is 12.5. The van der Waals surface area contributed by atoms with Gasteiger partial charge in [0.2, 0.25) is 5.91 Å². The summed E-state index contributed by atoms with van der Waals surface area (Å²) in [5.41, 5.74) is 0.449. The number of para-hydroxylation sites is 1. The lowest BCUT2D eigenvalue weighted by molar-refractivity contribution is -0.131. The van der Waals surface area contributed by atoms with Crippen molar-refractivity contribution in [2.45, 2.75) is 32.9 Å². The van der Waals surface area contributed by atoms with E-state index >= 15 is 0 Å². The number of likely N-dealkylation sites (N-methyl/N-ethyl adjacent to an activating group) is 1. The molecular formula is C15H23FN2O2. The van der Waals surface area contributed by atoms with E-state index in [0.29, 0.717) is 17.9 Å². The van der Waals surface area contributed by atoms with Gasteiger partial charge in [0.1, 0.15) is 0 Å². The summed E-state index contributed by atoms with van der Waals surface area (Å²) in [5.74, 6) is -0.670. The average Bonchev–Trinajstić information content (AvgIpc) is 2.37. The minimum absolute atomic E-state index is 0.0189. The van der Waals surface area contributed by atoms with Crippen LogP contribution in [0.1, 0.15) is 25.8 Å². The molecule has 0 heterocycles. The van der Waals surface area contributed by atoms with E-state index in [-0.39, 0.29) is 24.2 Å². The molecular weight excluding hydrogens is 259 g/mol. The Kier molecular flexibility index (Phi) is 5.95. The van der Waals surface area contributed by atoms with Gasteiger partial charge >= 0.3 is 0 Å². The molecule has 0 spiro atoms. The van der Waals surface area contributed by atoms with Gasteiger partial charge in [-0.1, -0.05) is 26.0 Å². The fraction of sp³-hybridized carbons (Fsp3) is 0.533. The van der Waals surface area contributed by atoms with Gasteiger partial charge in [0.05, 0.1) is 6.04 Å². The third-order valence-corrected chi connectivity index (χ3v) is 3.06. The number of rotatable bonds is 6. The van der Waals surface area contributed by atoms with Gasteiger partial charge in [-0.3, -0.25) is 4.79 Å². The second kappa shape index (κ2) is 7.24. The molecule has 1 aromatic carbocycles. The summed E-state index contributed by atoms with van der Waals surface area (Å²) in [4.78, 5) is 13.6. The Morgan fingerprint density at radius 2 is 2.05 bits per heavy atom. The lowest BCUT2D eigenvalue weighted by Gasteiger charge is -2.23. The number of halogens is 1. The first-order chi connectivity index (χ1) is 9.32. The minimum Gasteiger partial charge on any atom is -0.505 e. The standard InChI is InChI=1S/C15H23FN2O2/c1-10(2)8-13(15(20)18(3)4)17-9-11-6-5-7-12(16)14(11)19/h5-7,10,13,17,19H,8-9H2,1-4H3. The number of nitrogens with zero attached hydrogens (tertiary/aromatic N) is 1. The average molecular weight is 282 g/mol. The molecule has 0 aliphatic carbocycles. The predicted octanol–water partition coefficient (Wildman–Crippen LogP) is 2.12. The summed E-state index contributed by atoms with van der Waals surface area (Å²) in [6.07, 6.45) is 0.688. The molecule has 112 valence electrons. The van der Waals surface area contributed by atoms with Crippen LogP contribution in [0.5, 0.6) is 5.75 Å². The van der Waals surface area contributed by atoms with Crippen LogP contribution in [0.4, 0.5) is 4.39 Å². The summed E-state index contributed by atoms with van der Waals surface area (Å²) in [5, 5.41) is 12.7. The van der Waals surface area contributed by atoms with Crippen LogP contribution >= 0.6 is 0 Å². The second-order valence-corrected chi connectivity index (χ2v) is 5.54. The van der Waals surface area contributed by atoms with Crippen molar-refractivity contribution in [3.8, 4) is 5.75 Å². The smallest absolute Gasteiger partial charge is 0.239 e. The van der Waals surface area contributed by atoms with E-state index in [0.717, 1.165) is 0 Å². The lowest BCUT2D eigenvalue weighted by atomic mass is 10.0. The summed E-state index contributed by atoms with van der Waals surface area (Å²) in [6, 6.07) is 4.04. The summed E-state index contributed by atoms with van der Waals surface area (Å²) >= 11 is 0. The minimum atomic E-state index is -0.649. The number of phenols is 1. The first-order valence-corrected chi connectivity index (χ1v) is 6.73. The van der Waals surface area contributed by atoms with Crippen molar-refractivity contribution in [3.05, 3.63) is 29.6 Å². The van der Waals surface area contributed by atoms with Gasteiger partial charge in [-0.05, 0) is 18.4 Å². The highest BCUT2D eigenvalue weighted by Gasteiger charge is 2.21. The first kappa shape index (κ1) is 16.4. The second-order valence-electron chi connectivity index (χ2n) is 5.54. The van der Waals surface area contributed by atoms with Crippen LogP contribution in [0, 0.1) is 11.7 Å². The van der Waals surface area contributed by atoms with Crippen LogP contribution in [0.3, 0.4) is 0 Å². The molecule has 0 saturated heterocycles. The molecule has 1 rings (SSSR count). The van der Waals surface area contributed by atoms with Crippen LogP contribution in [0.2, 0.25) is 0 Å². The molecule has 0 radical (unpaired) electrons. The highest BCUT2D eigenvalue weighted by molar-refractivity contribution is 5.81. The molecule has 20 heavy (non-hydrogen) atoms. The van der Waals surface area contributed by atoms with Crippen LogP contribution in [0.25, 0.3) is 0 Å². The van der Waals surface area contributed by atoms with Crippen molar-refractivity contribution in [3.63, 3.8) is 0 Å². The molecule has 0 saturated carbocycles. The number of benzene rings is 1. The maximum atomic E-state index is 13.2. The van der Waals surface area contributed by atoms with E-state index < -0.39 is 5.82 Å². The van der Waals surface area contributed by atoms with E-state index in [2.05, 4.69) is 5.32 Å². The third-order valence-electron chi connectivity index (χ3n) is 3.06. The van der Waals surface area contributed by atoms with Crippen molar-refractivity contribution in [1.29, 1.82) is 0 Å². The summed E-state index contributed by atoms with van der Waals surface area (Å²) in [6.45, 7) is 4.33. The van der Waals surface area contributed by atoms with Gasteiger partial charge in [-0.25, -0.2) is 4.39 Å². The molecule has 0 bridgehead atoms. The Balaban J connectivity index is 2.75. The number of hydrogen-bond donors (Lipinski definition) is 2. The van der Waals surface area contributed by atoms with Crippen LogP contribution in [-0.2, 0) is 11.3 Å². The van der Waals surface area contributed by atoms with Crippen molar-refractivity contribution in [2.75, 3.05) is 14.1 Å². The maximum Gasteiger partial charge on any atom is 0.239 e. The van der Waals surface area contributed by atoms with Crippen molar-refractivity contribution >= 4 is 5.91 Å². The van der Waals surface area contributed by atoms with E-state index in [4.69, 9.17) is 0 Å². The SMILES string of the molecule is CC(C)CC(NCc1cccc(F)c1O)C(=O)N(C)C. The maximum absolute atomic E-state index is 13.2. The third kappa shape index (κ3) is 4.49. The van der Waals surface area contributed by atoms with Gasteiger partial charge in [0.15, 0.2) is 11.6 Å². The molecule has 0 aliphatic heterocycles. The van der Waals surface area contributed by atoms with Gasteiger partial charge < -0.3 is 15.3 Å². The number of hydrogen-bond acceptors (Lipinski definition) is 3. The molecule has 5 heteroatoms. The normalized spacial score (nSPS) is 12.5. The van der Waals surface area contributed by atoms with Gasteiger partial charge in [-0.2, -0.15) is 0 Å². The number of carbonyl (C=O) groups excluding carboxylic acids is 1. The number of amides is 1. The number of carbonyl (C=O) groups is 1.